The minimum atomic E-state index is -0.281. The number of carbonyl (C=O) groups is 1. The molecule has 23 heavy (non-hydrogen) atoms. The summed E-state index contributed by atoms with van der Waals surface area (Å²) in [7, 11) is 0. The van der Waals surface area contributed by atoms with Crippen molar-refractivity contribution in [2.75, 3.05) is 0 Å². The van der Waals surface area contributed by atoms with Gasteiger partial charge in [-0.05, 0) is 12.8 Å². The molecular formula is C17H27N5O. The van der Waals surface area contributed by atoms with Crippen LogP contribution in [0.2, 0.25) is 0 Å². The first kappa shape index (κ1) is 17.2. The number of amides is 1. The Bertz CT molecular complexity index is 641. The van der Waals surface area contributed by atoms with E-state index in [2.05, 4.69) is 47.5 Å². The van der Waals surface area contributed by atoms with Crippen molar-refractivity contribution in [2.45, 2.75) is 59.7 Å². The summed E-state index contributed by atoms with van der Waals surface area (Å²) in [5.41, 5.74) is 1.02. The van der Waals surface area contributed by atoms with Crippen LogP contribution in [0.15, 0.2) is 24.9 Å². The van der Waals surface area contributed by atoms with Crippen molar-refractivity contribution in [3.8, 4) is 0 Å². The second-order valence-corrected chi connectivity index (χ2v) is 6.67. The van der Waals surface area contributed by atoms with Crippen LogP contribution in [0, 0.1) is 5.92 Å². The fraction of sp³-hybridized carbons (Fsp3) is 0.588. The van der Waals surface area contributed by atoms with Gasteiger partial charge in [-0.2, -0.15) is 0 Å². The molecule has 6 nitrogen and oxygen atoms in total. The van der Waals surface area contributed by atoms with Crippen molar-refractivity contribution in [3.05, 3.63) is 36.4 Å². The molecule has 2 aromatic rings. The molecule has 0 saturated carbocycles. The number of aromatic nitrogens is 4. The van der Waals surface area contributed by atoms with Crippen LogP contribution >= 0.6 is 0 Å². The first-order chi connectivity index (χ1) is 10.9. The van der Waals surface area contributed by atoms with Gasteiger partial charge in [0, 0.05) is 31.1 Å². The number of carbonyl (C=O) groups excluding carboxylic acids is 1. The van der Waals surface area contributed by atoms with E-state index in [9.17, 15) is 4.79 Å². The highest BCUT2D eigenvalue weighted by atomic mass is 16.2. The van der Waals surface area contributed by atoms with Crippen LogP contribution in [0.1, 0.15) is 58.1 Å². The highest BCUT2D eigenvalue weighted by Gasteiger charge is 2.19. The van der Waals surface area contributed by atoms with Crippen molar-refractivity contribution in [1.29, 1.82) is 0 Å². The van der Waals surface area contributed by atoms with E-state index in [0.29, 0.717) is 12.5 Å². The lowest BCUT2D eigenvalue weighted by Crippen LogP contribution is -2.32. The Morgan fingerprint density at radius 1 is 1.26 bits per heavy atom. The zero-order valence-corrected chi connectivity index (χ0v) is 14.7. The predicted octanol–water partition coefficient (Wildman–Crippen LogP) is 2.74. The van der Waals surface area contributed by atoms with Gasteiger partial charge in [-0.25, -0.2) is 9.97 Å². The van der Waals surface area contributed by atoms with Gasteiger partial charge in [0.1, 0.15) is 11.9 Å². The molecule has 0 aliphatic carbocycles. The normalized spacial score (nSPS) is 12.8. The lowest BCUT2D eigenvalue weighted by molar-refractivity contribution is -0.124. The summed E-state index contributed by atoms with van der Waals surface area (Å²) in [6, 6.07) is -0.281. The fourth-order valence-corrected chi connectivity index (χ4v) is 2.60. The highest BCUT2D eigenvalue weighted by Crippen LogP contribution is 2.17. The monoisotopic (exact) mass is 317 g/mol. The van der Waals surface area contributed by atoms with Gasteiger partial charge in [0.15, 0.2) is 0 Å². The van der Waals surface area contributed by atoms with Crippen LogP contribution in [0.4, 0.5) is 0 Å². The number of rotatable bonds is 7. The summed E-state index contributed by atoms with van der Waals surface area (Å²) in [6.07, 6.45) is 7.24. The van der Waals surface area contributed by atoms with Crippen LogP contribution in [0.5, 0.6) is 0 Å². The molecule has 0 fully saturated rings. The Morgan fingerprint density at radius 2 is 2.00 bits per heavy atom. The number of nitrogens with zero attached hydrogens (tertiary/aromatic N) is 4. The van der Waals surface area contributed by atoms with E-state index in [1.807, 2.05) is 30.2 Å². The Kier molecular flexibility index (Phi) is 5.58. The summed E-state index contributed by atoms with van der Waals surface area (Å²) in [5.74, 6) is 1.74. The molecule has 0 aliphatic rings. The molecule has 0 unspecified atom stereocenters. The molecule has 1 amide bonds. The number of hydrogen-bond donors (Lipinski definition) is 1. The molecule has 2 aromatic heterocycles. The summed E-state index contributed by atoms with van der Waals surface area (Å²) < 4.78 is 4.03. The third-order valence-corrected chi connectivity index (χ3v) is 3.82. The van der Waals surface area contributed by atoms with Crippen LogP contribution in [-0.4, -0.2) is 25.0 Å². The molecule has 0 saturated heterocycles. The van der Waals surface area contributed by atoms with Gasteiger partial charge in [-0.3, -0.25) is 4.79 Å². The number of imidazole rings is 2. The van der Waals surface area contributed by atoms with E-state index in [4.69, 9.17) is 0 Å². The first-order valence-corrected chi connectivity index (χ1v) is 8.19. The summed E-state index contributed by atoms with van der Waals surface area (Å²) >= 11 is 0. The van der Waals surface area contributed by atoms with Crippen molar-refractivity contribution < 1.29 is 4.79 Å². The van der Waals surface area contributed by atoms with Crippen LogP contribution in [-0.2, 0) is 17.9 Å². The van der Waals surface area contributed by atoms with E-state index in [0.717, 1.165) is 18.1 Å². The van der Waals surface area contributed by atoms with E-state index in [1.54, 1.807) is 6.20 Å². The fourth-order valence-electron chi connectivity index (χ4n) is 2.60. The summed E-state index contributed by atoms with van der Waals surface area (Å²) in [5, 5.41) is 3.00. The molecule has 2 heterocycles. The van der Waals surface area contributed by atoms with E-state index in [-0.39, 0.29) is 17.9 Å². The third kappa shape index (κ3) is 4.21. The molecule has 2 rings (SSSR count). The Labute approximate surface area is 137 Å². The number of nitrogens with one attached hydrogen (secondary N) is 1. The summed E-state index contributed by atoms with van der Waals surface area (Å²) in [4.78, 5) is 21.0. The average Bonchev–Trinajstić information content (AvgIpc) is 3.12. The van der Waals surface area contributed by atoms with Crippen molar-refractivity contribution in [1.82, 2.24) is 24.4 Å². The Hall–Kier alpha value is -2.11. The van der Waals surface area contributed by atoms with Crippen molar-refractivity contribution in [3.63, 3.8) is 0 Å². The SMILES string of the molecule is CC(C)Cn1cncc1CNC(=O)[C@@H](C)n1ccnc1C(C)C. The minimum absolute atomic E-state index is 0.0119. The van der Waals surface area contributed by atoms with Gasteiger partial charge in [0.2, 0.25) is 5.91 Å². The molecule has 6 heteroatoms. The Balaban J connectivity index is 1.99. The van der Waals surface area contributed by atoms with Crippen molar-refractivity contribution in [2.24, 2.45) is 5.92 Å². The maximum Gasteiger partial charge on any atom is 0.243 e. The van der Waals surface area contributed by atoms with Crippen LogP contribution in [0.25, 0.3) is 0 Å². The molecule has 0 bridgehead atoms. The van der Waals surface area contributed by atoms with E-state index in [1.165, 1.54) is 0 Å². The van der Waals surface area contributed by atoms with Gasteiger partial charge in [0.25, 0.3) is 0 Å². The van der Waals surface area contributed by atoms with E-state index < -0.39 is 0 Å². The molecule has 126 valence electrons. The van der Waals surface area contributed by atoms with Gasteiger partial charge in [-0.15, -0.1) is 0 Å². The molecule has 0 aliphatic heterocycles. The quantitative estimate of drug-likeness (QED) is 0.854. The van der Waals surface area contributed by atoms with Gasteiger partial charge in [-0.1, -0.05) is 27.7 Å². The topological polar surface area (TPSA) is 64.7 Å². The molecule has 0 spiro atoms. The lowest BCUT2D eigenvalue weighted by Gasteiger charge is -2.18. The maximum atomic E-state index is 12.5. The Morgan fingerprint density at radius 3 is 2.65 bits per heavy atom. The van der Waals surface area contributed by atoms with Gasteiger partial charge in [0.05, 0.1) is 18.6 Å². The van der Waals surface area contributed by atoms with Gasteiger partial charge >= 0.3 is 0 Å². The van der Waals surface area contributed by atoms with E-state index >= 15 is 0 Å². The van der Waals surface area contributed by atoms with Crippen LogP contribution < -0.4 is 5.32 Å². The summed E-state index contributed by atoms with van der Waals surface area (Å²) in [6.45, 7) is 11.8. The molecule has 0 radical (unpaired) electrons. The zero-order valence-electron chi connectivity index (χ0n) is 14.7. The first-order valence-electron chi connectivity index (χ1n) is 8.19. The molecule has 1 atom stereocenters. The second-order valence-electron chi connectivity index (χ2n) is 6.67. The average molecular weight is 317 g/mol. The second kappa shape index (κ2) is 7.44. The third-order valence-electron chi connectivity index (χ3n) is 3.82. The number of hydrogen-bond acceptors (Lipinski definition) is 3. The van der Waals surface area contributed by atoms with Gasteiger partial charge < -0.3 is 14.5 Å². The van der Waals surface area contributed by atoms with Crippen LogP contribution in [0.3, 0.4) is 0 Å². The molecule has 0 aromatic carbocycles. The minimum Gasteiger partial charge on any atom is -0.349 e. The zero-order chi connectivity index (χ0) is 17.0. The maximum absolute atomic E-state index is 12.5. The largest absolute Gasteiger partial charge is 0.349 e. The molecular weight excluding hydrogens is 290 g/mol. The standard InChI is InChI=1S/C17H27N5O/c1-12(2)10-21-11-18-8-15(21)9-20-17(23)14(5)22-7-6-19-16(22)13(3)4/h6-8,11-14H,9-10H2,1-5H3,(H,20,23)/t14-/m1/s1. The lowest BCUT2D eigenvalue weighted by atomic mass is 10.2. The smallest absolute Gasteiger partial charge is 0.243 e. The highest BCUT2D eigenvalue weighted by molar-refractivity contribution is 5.79. The molecule has 1 N–H and O–H groups in total. The predicted molar refractivity (Wildman–Crippen MR) is 89.9 cm³/mol. The van der Waals surface area contributed by atoms with Crippen molar-refractivity contribution >= 4 is 5.91 Å².